The average molecular weight is 281 g/mol. The molecule has 19 heavy (non-hydrogen) atoms. The van der Waals surface area contributed by atoms with Gasteiger partial charge in [-0.1, -0.05) is 23.7 Å². The maximum atomic E-state index is 13.3. The van der Waals surface area contributed by atoms with E-state index >= 15 is 0 Å². The van der Waals surface area contributed by atoms with E-state index in [4.69, 9.17) is 22.1 Å². The number of nitrogens with one attached hydrogen (secondary N) is 1. The minimum atomic E-state index is -0.448. The number of rotatable bonds is 4. The fraction of sp³-hybridized carbons (Fsp3) is 0.143. The van der Waals surface area contributed by atoms with Gasteiger partial charge in [-0.05, 0) is 24.3 Å². The smallest absolute Gasteiger partial charge is 0.148 e. The van der Waals surface area contributed by atoms with E-state index in [0.29, 0.717) is 23.0 Å². The third kappa shape index (κ3) is 2.90. The standard InChI is InChI=1S/C14H14ClFN2O/c1-19-13-7-2-4-10(15)9(13)8-18-12-6-3-5-11(16)14(12)17/h2-7,18H,8,17H2,1H3. The van der Waals surface area contributed by atoms with Crippen LogP contribution in [0.25, 0.3) is 0 Å². The molecule has 0 aliphatic heterocycles. The zero-order chi connectivity index (χ0) is 13.8. The third-order valence-corrected chi connectivity index (χ3v) is 3.16. The molecule has 2 aromatic rings. The van der Waals surface area contributed by atoms with Crippen molar-refractivity contribution in [1.29, 1.82) is 0 Å². The topological polar surface area (TPSA) is 47.3 Å². The number of hydrogen-bond donors (Lipinski definition) is 2. The van der Waals surface area contributed by atoms with Crippen LogP contribution in [0.2, 0.25) is 5.02 Å². The lowest BCUT2D eigenvalue weighted by atomic mass is 10.2. The molecule has 0 atom stereocenters. The number of methoxy groups -OCH3 is 1. The molecule has 0 unspecified atom stereocenters. The highest BCUT2D eigenvalue weighted by Gasteiger charge is 2.09. The fourth-order valence-electron chi connectivity index (χ4n) is 1.78. The second-order valence-corrected chi connectivity index (χ2v) is 4.38. The Morgan fingerprint density at radius 3 is 2.74 bits per heavy atom. The highest BCUT2D eigenvalue weighted by molar-refractivity contribution is 6.31. The van der Waals surface area contributed by atoms with Crippen molar-refractivity contribution in [3.05, 3.63) is 52.8 Å². The van der Waals surface area contributed by atoms with Gasteiger partial charge in [0.2, 0.25) is 0 Å². The second-order valence-electron chi connectivity index (χ2n) is 3.98. The Balaban J connectivity index is 2.21. The SMILES string of the molecule is COc1cccc(Cl)c1CNc1cccc(F)c1N. The van der Waals surface area contributed by atoms with Crippen LogP contribution in [0.1, 0.15) is 5.56 Å². The van der Waals surface area contributed by atoms with Gasteiger partial charge in [0.1, 0.15) is 11.6 Å². The summed E-state index contributed by atoms with van der Waals surface area (Å²) in [5.41, 5.74) is 7.08. The molecular weight excluding hydrogens is 267 g/mol. The molecule has 0 radical (unpaired) electrons. The van der Waals surface area contributed by atoms with E-state index in [1.165, 1.54) is 6.07 Å². The second kappa shape index (κ2) is 5.80. The fourth-order valence-corrected chi connectivity index (χ4v) is 2.01. The number of hydrogen-bond acceptors (Lipinski definition) is 3. The molecule has 3 N–H and O–H groups in total. The molecule has 0 spiro atoms. The van der Waals surface area contributed by atoms with Crippen LogP contribution in [0.4, 0.5) is 15.8 Å². The van der Waals surface area contributed by atoms with Crippen LogP contribution >= 0.6 is 11.6 Å². The van der Waals surface area contributed by atoms with Crippen LogP contribution in [0, 0.1) is 5.82 Å². The zero-order valence-corrected chi connectivity index (χ0v) is 11.2. The van der Waals surface area contributed by atoms with Gasteiger partial charge in [-0.25, -0.2) is 4.39 Å². The minimum absolute atomic E-state index is 0.0912. The first-order valence-electron chi connectivity index (χ1n) is 5.72. The monoisotopic (exact) mass is 280 g/mol. The Kier molecular flexibility index (Phi) is 4.12. The number of nitrogens with two attached hydrogens (primary N) is 1. The van der Waals surface area contributed by atoms with Crippen LogP contribution in [0.5, 0.6) is 5.75 Å². The van der Waals surface area contributed by atoms with Gasteiger partial charge < -0.3 is 15.8 Å². The summed E-state index contributed by atoms with van der Waals surface area (Å²) in [4.78, 5) is 0. The molecule has 0 aromatic heterocycles. The van der Waals surface area contributed by atoms with Crippen LogP contribution in [-0.4, -0.2) is 7.11 Å². The molecule has 0 saturated heterocycles. The minimum Gasteiger partial charge on any atom is -0.496 e. The van der Waals surface area contributed by atoms with Gasteiger partial charge in [0.15, 0.2) is 0 Å². The molecule has 0 fully saturated rings. The molecule has 0 bridgehead atoms. The Morgan fingerprint density at radius 2 is 2.00 bits per heavy atom. The first-order chi connectivity index (χ1) is 9.13. The summed E-state index contributed by atoms with van der Waals surface area (Å²) >= 11 is 6.12. The van der Waals surface area contributed by atoms with Crippen LogP contribution < -0.4 is 15.8 Å². The molecule has 2 rings (SSSR count). The Morgan fingerprint density at radius 1 is 1.26 bits per heavy atom. The van der Waals surface area contributed by atoms with Gasteiger partial charge in [-0.15, -0.1) is 0 Å². The first-order valence-corrected chi connectivity index (χ1v) is 6.10. The van der Waals surface area contributed by atoms with Crippen molar-refractivity contribution in [1.82, 2.24) is 0 Å². The average Bonchev–Trinajstić information content (AvgIpc) is 2.41. The van der Waals surface area contributed by atoms with Crippen molar-refractivity contribution in [2.24, 2.45) is 0 Å². The van der Waals surface area contributed by atoms with E-state index in [9.17, 15) is 4.39 Å². The van der Waals surface area contributed by atoms with Crippen molar-refractivity contribution in [2.45, 2.75) is 6.54 Å². The van der Waals surface area contributed by atoms with Crippen molar-refractivity contribution in [3.63, 3.8) is 0 Å². The molecule has 0 amide bonds. The number of halogens is 2. The molecule has 0 aliphatic rings. The number of para-hydroxylation sites is 1. The highest BCUT2D eigenvalue weighted by Crippen LogP contribution is 2.28. The van der Waals surface area contributed by atoms with Gasteiger partial charge >= 0.3 is 0 Å². The normalized spacial score (nSPS) is 10.3. The Labute approximate surface area is 116 Å². The third-order valence-electron chi connectivity index (χ3n) is 2.80. The number of ether oxygens (including phenoxy) is 1. The predicted octanol–water partition coefficient (Wildman–Crippen LogP) is 3.68. The number of benzene rings is 2. The summed E-state index contributed by atoms with van der Waals surface area (Å²) < 4.78 is 18.6. The summed E-state index contributed by atoms with van der Waals surface area (Å²) in [6, 6.07) is 10.0. The van der Waals surface area contributed by atoms with Crippen molar-refractivity contribution >= 4 is 23.0 Å². The van der Waals surface area contributed by atoms with Crippen LogP contribution in [0.15, 0.2) is 36.4 Å². The lowest BCUT2D eigenvalue weighted by Crippen LogP contribution is -2.05. The molecular formula is C14H14ClFN2O. The molecule has 0 heterocycles. The summed E-state index contributed by atoms with van der Waals surface area (Å²) in [6.45, 7) is 0.399. The number of nitrogen functional groups attached to an aromatic ring is 1. The molecule has 0 aliphatic carbocycles. The molecule has 0 saturated carbocycles. The summed E-state index contributed by atoms with van der Waals surface area (Å²) in [5.74, 6) is 0.228. The lowest BCUT2D eigenvalue weighted by Gasteiger charge is -2.13. The zero-order valence-electron chi connectivity index (χ0n) is 10.4. The summed E-state index contributed by atoms with van der Waals surface area (Å²) in [5, 5.41) is 3.64. The molecule has 5 heteroatoms. The van der Waals surface area contributed by atoms with Crippen molar-refractivity contribution in [2.75, 3.05) is 18.2 Å². The summed E-state index contributed by atoms with van der Waals surface area (Å²) in [7, 11) is 1.58. The predicted molar refractivity (Wildman–Crippen MR) is 76.1 cm³/mol. The maximum absolute atomic E-state index is 13.3. The Hall–Kier alpha value is -1.94. The van der Waals surface area contributed by atoms with Gasteiger partial charge in [-0.2, -0.15) is 0 Å². The quantitative estimate of drug-likeness (QED) is 0.840. The number of anilines is 2. The van der Waals surface area contributed by atoms with E-state index in [2.05, 4.69) is 5.32 Å². The van der Waals surface area contributed by atoms with E-state index < -0.39 is 5.82 Å². The first kappa shape index (κ1) is 13.5. The summed E-state index contributed by atoms with van der Waals surface area (Å²) in [6.07, 6.45) is 0. The van der Waals surface area contributed by atoms with Crippen LogP contribution in [-0.2, 0) is 6.54 Å². The molecule has 2 aromatic carbocycles. The van der Waals surface area contributed by atoms with E-state index in [-0.39, 0.29) is 5.69 Å². The lowest BCUT2D eigenvalue weighted by molar-refractivity contribution is 0.410. The van der Waals surface area contributed by atoms with E-state index in [1.54, 1.807) is 31.4 Å². The van der Waals surface area contributed by atoms with Gasteiger partial charge in [0.25, 0.3) is 0 Å². The van der Waals surface area contributed by atoms with Gasteiger partial charge in [0, 0.05) is 17.1 Å². The maximum Gasteiger partial charge on any atom is 0.148 e. The largest absolute Gasteiger partial charge is 0.496 e. The van der Waals surface area contributed by atoms with Crippen molar-refractivity contribution < 1.29 is 9.13 Å². The molecule has 3 nitrogen and oxygen atoms in total. The van der Waals surface area contributed by atoms with Gasteiger partial charge in [-0.3, -0.25) is 0 Å². The molecule has 100 valence electrons. The van der Waals surface area contributed by atoms with Gasteiger partial charge in [0.05, 0.1) is 18.5 Å². The Bertz CT molecular complexity index is 590. The van der Waals surface area contributed by atoms with E-state index in [0.717, 1.165) is 5.56 Å². The highest BCUT2D eigenvalue weighted by atomic mass is 35.5. The van der Waals surface area contributed by atoms with Crippen molar-refractivity contribution in [3.8, 4) is 5.75 Å². The van der Waals surface area contributed by atoms with Crippen LogP contribution in [0.3, 0.4) is 0 Å². The van der Waals surface area contributed by atoms with E-state index in [1.807, 2.05) is 6.07 Å².